The molecule has 0 nitrogen and oxygen atoms in total. The van der Waals surface area contributed by atoms with Gasteiger partial charge in [-0.15, -0.1) is 0 Å². The SMILES string of the molecule is CCCC(CCC)C1=CC=CC1. The van der Waals surface area contributed by atoms with Crippen LogP contribution >= 0.6 is 0 Å². The highest BCUT2D eigenvalue weighted by Gasteiger charge is 2.12. The first-order valence-electron chi connectivity index (χ1n) is 5.24. The van der Waals surface area contributed by atoms with Crippen molar-refractivity contribution in [3.05, 3.63) is 23.8 Å². The Labute approximate surface area is 76.4 Å². The third-order valence-electron chi connectivity index (χ3n) is 2.60. The molecule has 68 valence electrons. The summed E-state index contributed by atoms with van der Waals surface area (Å²) in [6.45, 7) is 4.57. The average Bonchev–Trinajstić information content (AvgIpc) is 2.56. The van der Waals surface area contributed by atoms with Crippen LogP contribution < -0.4 is 0 Å². The number of rotatable bonds is 5. The predicted molar refractivity (Wildman–Crippen MR) is 55.1 cm³/mol. The first-order valence-corrected chi connectivity index (χ1v) is 5.24. The summed E-state index contributed by atoms with van der Waals surface area (Å²) < 4.78 is 0. The van der Waals surface area contributed by atoms with Crippen molar-refractivity contribution >= 4 is 0 Å². The molecule has 0 fully saturated rings. The number of hydrogen-bond donors (Lipinski definition) is 0. The minimum atomic E-state index is 0.870. The molecule has 0 N–H and O–H groups in total. The summed E-state index contributed by atoms with van der Waals surface area (Å²) in [4.78, 5) is 0. The van der Waals surface area contributed by atoms with Crippen molar-refractivity contribution in [1.82, 2.24) is 0 Å². The molecule has 0 heteroatoms. The number of allylic oxidation sites excluding steroid dienone is 4. The lowest BCUT2D eigenvalue weighted by atomic mass is 9.89. The Hall–Kier alpha value is -0.520. The monoisotopic (exact) mass is 164 g/mol. The van der Waals surface area contributed by atoms with Crippen LogP contribution in [-0.4, -0.2) is 0 Å². The normalized spacial score (nSPS) is 15.8. The van der Waals surface area contributed by atoms with Gasteiger partial charge in [0, 0.05) is 0 Å². The molecule has 0 spiro atoms. The van der Waals surface area contributed by atoms with Crippen LogP contribution in [0.1, 0.15) is 46.0 Å². The Kier molecular flexibility index (Phi) is 4.13. The van der Waals surface area contributed by atoms with Crippen molar-refractivity contribution in [2.75, 3.05) is 0 Å². The molecule has 1 rings (SSSR count). The van der Waals surface area contributed by atoms with Gasteiger partial charge in [-0.3, -0.25) is 0 Å². The third-order valence-corrected chi connectivity index (χ3v) is 2.60. The van der Waals surface area contributed by atoms with Gasteiger partial charge in [0.1, 0.15) is 0 Å². The van der Waals surface area contributed by atoms with E-state index in [1.165, 1.54) is 32.1 Å². The van der Waals surface area contributed by atoms with Gasteiger partial charge in [-0.1, -0.05) is 50.5 Å². The zero-order valence-electron chi connectivity index (χ0n) is 8.34. The van der Waals surface area contributed by atoms with Gasteiger partial charge in [-0.05, 0) is 25.2 Å². The van der Waals surface area contributed by atoms with E-state index in [1.54, 1.807) is 5.57 Å². The number of hydrogen-bond acceptors (Lipinski definition) is 0. The molecule has 0 aromatic carbocycles. The lowest BCUT2D eigenvalue weighted by molar-refractivity contribution is 0.499. The zero-order valence-corrected chi connectivity index (χ0v) is 8.34. The van der Waals surface area contributed by atoms with Crippen molar-refractivity contribution in [3.63, 3.8) is 0 Å². The Bertz CT molecular complexity index is 168. The Morgan fingerprint density at radius 2 is 1.92 bits per heavy atom. The molecule has 0 unspecified atom stereocenters. The lowest BCUT2D eigenvalue weighted by Gasteiger charge is -2.16. The summed E-state index contributed by atoms with van der Waals surface area (Å²) >= 11 is 0. The van der Waals surface area contributed by atoms with E-state index in [0.717, 1.165) is 5.92 Å². The fourth-order valence-corrected chi connectivity index (χ4v) is 1.98. The van der Waals surface area contributed by atoms with Gasteiger partial charge in [0.2, 0.25) is 0 Å². The standard InChI is InChI=1S/C12H20/c1-3-7-11(8-4-2)12-9-5-6-10-12/h5-6,9,11H,3-4,7-8,10H2,1-2H3. The summed E-state index contributed by atoms with van der Waals surface area (Å²) in [6, 6.07) is 0. The second kappa shape index (κ2) is 5.18. The maximum Gasteiger partial charge on any atom is -0.0130 e. The molecular weight excluding hydrogens is 144 g/mol. The molecule has 12 heavy (non-hydrogen) atoms. The van der Waals surface area contributed by atoms with E-state index in [9.17, 15) is 0 Å². The maximum absolute atomic E-state index is 2.32. The van der Waals surface area contributed by atoms with Crippen molar-refractivity contribution in [2.24, 2.45) is 5.92 Å². The van der Waals surface area contributed by atoms with Gasteiger partial charge >= 0.3 is 0 Å². The fourth-order valence-electron chi connectivity index (χ4n) is 1.98. The molecule has 0 bridgehead atoms. The molecule has 0 heterocycles. The topological polar surface area (TPSA) is 0 Å². The average molecular weight is 164 g/mol. The molecule has 0 aromatic rings. The van der Waals surface area contributed by atoms with Gasteiger partial charge in [0.05, 0.1) is 0 Å². The minimum Gasteiger partial charge on any atom is -0.0805 e. The van der Waals surface area contributed by atoms with Crippen LogP contribution in [0, 0.1) is 5.92 Å². The highest BCUT2D eigenvalue weighted by Crippen LogP contribution is 2.27. The predicted octanol–water partition coefficient (Wildman–Crippen LogP) is 4.09. The lowest BCUT2D eigenvalue weighted by Crippen LogP contribution is -2.02. The van der Waals surface area contributed by atoms with E-state index in [2.05, 4.69) is 32.1 Å². The van der Waals surface area contributed by atoms with Crippen LogP contribution in [0.5, 0.6) is 0 Å². The molecular formula is C12H20. The molecule has 0 atom stereocenters. The molecule has 0 radical (unpaired) electrons. The van der Waals surface area contributed by atoms with Crippen LogP contribution in [0.2, 0.25) is 0 Å². The largest absolute Gasteiger partial charge is 0.0805 e. The molecule has 0 aliphatic heterocycles. The van der Waals surface area contributed by atoms with E-state index < -0.39 is 0 Å². The van der Waals surface area contributed by atoms with Crippen molar-refractivity contribution in [3.8, 4) is 0 Å². The summed E-state index contributed by atoms with van der Waals surface area (Å²) in [7, 11) is 0. The first-order chi connectivity index (χ1) is 5.88. The van der Waals surface area contributed by atoms with Crippen molar-refractivity contribution in [2.45, 2.75) is 46.0 Å². The minimum absolute atomic E-state index is 0.870. The van der Waals surface area contributed by atoms with Gasteiger partial charge in [-0.2, -0.15) is 0 Å². The van der Waals surface area contributed by atoms with Gasteiger partial charge in [0.15, 0.2) is 0 Å². The third kappa shape index (κ3) is 2.51. The second-order valence-corrected chi connectivity index (χ2v) is 3.65. The van der Waals surface area contributed by atoms with E-state index in [-0.39, 0.29) is 0 Å². The van der Waals surface area contributed by atoms with Crippen LogP contribution in [0.4, 0.5) is 0 Å². The Morgan fingerprint density at radius 3 is 2.33 bits per heavy atom. The second-order valence-electron chi connectivity index (χ2n) is 3.65. The van der Waals surface area contributed by atoms with Gasteiger partial charge in [-0.25, -0.2) is 0 Å². The van der Waals surface area contributed by atoms with Crippen LogP contribution in [0.3, 0.4) is 0 Å². The highest BCUT2D eigenvalue weighted by molar-refractivity contribution is 5.24. The Balaban J connectivity index is 2.41. The Morgan fingerprint density at radius 1 is 1.25 bits per heavy atom. The zero-order chi connectivity index (χ0) is 8.81. The molecule has 0 amide bonds. The highest BCUT2D eigenvalue weighted by atomic mass is 14.2. The summed E-state index contributed by atoms with van der Waals surface area (Å²) in [5.74, 6) is 0.870. The maximum atomic E-state index is 2.32. The summed E-state index contributed by atoms with van der Waals surface area (Å²) in [5.41, 5.74) is 1.67. The molecule has 0 saturated carbocycles. The van der Waals surface area contributed by atoms with E-state index in [1.807, 2.05) is 0 Å². The first kappa shape index (κ1) is 9.57. The molecule has 0 saturated heterocycles. The van der Waals surface area contributed by atoms with E-state index >= 15 is 0 Å². The molecule has 0 aromatic heterocycles. The van der Waals surface area contributed by atoms with Gasteiger partial charge < -0.3 is 0 Å². The van der Waals surface area contributed by atoms with Crippen molar-refractivity contribution < 1.29 is 0 Å². The molecule has 1 aliphatic carbocycles. The van der Waals surface area contributed by atoms with E-state index in [0.29, 0.717) is 0 Å². The van der Waals surface area contributed by atoms with Crippen LogP contribution in [0.25, 0.3) is 0 Å². The molecule has 1 aliphatic rings. The summed E-state index contributed by atoms with van der Waals surface area (Å²) in [6.07, 6.45) is 13.4. The fraction of sp³-hybridized carbons (Fsp3) is 0.667. The van der Waals surface area contributed by atoms with E-state index in [4.69, 9.17) is 0 Å². The summed E-state index contributed by atoms with van der Waals surface area (Å²) in [5, 5.41) is 0. The quantitative estimate of drug-likeness (QED) is 0.574. The van der Waals surface area contributed by atoms with Crippen LogP contribution in [0.15, 0.2) is 23.8 Å². The smallest absolute Gasteiger partial charge is 0.0130 e. The van der Waals surface area contributed by atoms with Crippen LogP contribution in [-0.2, 0) is 0 Å². The van der Waals surface area contributed by atoms with Gasteiger partial charge in [0.25, 0.3) is 0 Å². The van der Waals surface area contributed by atoms with Crippen molar-refractivity contribution in [1.29, 1.82) is 0 Å².